The molecule has 27 heavy (non-hydrogen) atoms. The molecule has 1 aromatic heterocycles. The second-order valence-electron chi connectivity index (χ2n) is 6.31. The Bertz CT molecular complexity index is 943. The van der Waals surface area contributed by atoms with Gasteiger partial charge in [0.1, 0.15) is 0 Å². The van der Waals surface area contributed by atoms with Crippen molar-refractivity contribution in [1.82, 2.24) is 15.2 Å². The summed E-state index contributed by atoms with van der Waals surface area (Å²) in [5.41, 5.74) is 0.288. The maximum atomic E-state index is 13.4. The van der Waals surface area contributed by atoms with Gasteiger partial charge in [0.2, 0.25) is 0 Å². The van der Waals surface area contributed by atoms with E-state index in [0.717, 1.165) is 4.90 Å². The van der Waals surface area contributed by atoms with E-state index in [-0.39, 0.29) is 12.3 Å². The lowest BCUT2D eigenvalue weighted by Crippen LogP contribution is -2.45. The molecule has 3 aromatic rings. The minimum absolute atomic E-state index is 0.327. The van der Waals surface area contributed by atoms with Crippen molar-refractivity contribution in [2.75, 3.05) is 6.54 Å². The number of nitrogens with zero attached hydrogens (tertiary/aromatic N) is 1. The molecule has 0 radical (unpaired) electrons. The molecule has 134 valence electrons. The molecule has 2 N–H and O–H groups in total. The number of benzene rings is 2. The standard InChI is InChI=1S/C21H17N3O3/c25-18(17-12-7-13-22-17)14-24-19(26)21(23-20(24)27,15-8-3-1-4-9-15)16-10-5-2-6-11-16/h1-13,22H,14H2,(H,23,27). The summed E-state index contributed by atoms with van der Waals surface area (Å²) in [5, 5.41) is 2.83. The zero-order chi connectivity index (χ0) is 18.9. The van der Waals surface area contributed by atoms with Gasteiger partial charge >= 0.3 is 6.03 Å². The molecule has 4 rings (SSSR count). The van der Waals surface area contributed by atoms with E-state index in [4.69, 9.17) is 0 Å². The van der Waals surface area contributed by atoms with Crippen molar-refractivity contribution in [3.8, 4) is 0 Å². The van der Waals surface area contributed by atoms with E-state index < -0.39 is 17.5 Å². The molecule has 1 fully saturated rings. The van der Waals surface area contributed by atoms with Gasteiger partial charge in [-0.1, -0.05) is 60.7 Å². The molecule has 0 spiro atoms. The average Bonchev–Trinajstić information content (AvgIpc) is 3.33. The van der Waals surface area contributed by atoms with Crippen LogP contribution in [0.15, 0.2) is 79.0 Å². The average molecular weight is 359 g/mol. The lowest BCUT2D eigenvalue weighted by Gasteiger charge is -2.27. The number of hydrogen-bond acceptors (Lipinski definition) is 3. The van der Waals surface area contributed by atoms with Crippen molar-refractivity contribution in [2.24, 2.45) is 0 Å². The van der Waals surface area contributed by atoms with E-state index in [1.807, 2.05) is 36.4 Å². The van der Waals surface area contributed by atoms with Gasteiger partial charge in [0.05, 0.1) is 12.2 Å². The first-order valence-corrected chi connectivity index (χ1v) is 8.54. The predicted molar refractivity (Wildman–Crippen MR) is 99.0 cm³/mol. The zero-order valence-corrected chi connectivity index (χ0v) is 14.4. The third kappa shape index (κ3) is 2.71. The van der Waals surface area contributed by atoms with Crippen LogP contribution in [0.4, 0.5) is 4.79 Å². The number of carbonyl (C=O) groups is 3. The van der Waals surface area contributed by atoms with Gasteiger partial charge in [-0.25, -0.2) is 4.79 Å². The van der Waals surface area contributed by atoms with Crippen LogP contribution in [0.25, 0.3) is 0 Å². The van der Waals surface area contributed by atoms with E-state index in [0.29, 0.717) is 16.8 Å². The van der Waals surface area contributed by atoms with Crippen molar-refractivity contribution in [3.63, 3.8) is 0 Å². The lowest BCUT2D eigenvalue weighted by molar-refractivity contribution is -0.129. The fraction of sp³-hybridized carbons (Fsp3) is 0.0952. The van der Waals surface area contributed by atoms with Crippen molar-refractivity contribution in [2.45, 2.75) is 5.54 Å². The van der Waals surface area contributed by atoms with Crippen LogP contribution in [0.2, 0.25) is 0 Å². The van der Waals surface area contributed by atoms with Crippen molar-refractivity contribution < 1.29 is 14.4 Å². The van der Waals surface area contributed by atoms with Crippen molar-refractivity contribution >= 4 is 17.7 Å². The van der Waals surface area contributed by atoms with Crippen LogP contribution in [0.1, 0.15) is 21.6 Å². The number of ketones is 1. The van der Waals surface area contributed by atoms with Crippen LogP contribution < -0.4 is 5.32 Å². The summed E-state index contributed by atoms with van der Waals surface area (Å²) < 4.78 is 0. The van der Waals surface area contributed by atoms with Crippen molar-refractivity contribution in [3.05, 3.63) is 95.8 Å². The molecule has 0 saturated carbocycles. The SMILES string of the molecule is O=C(CN1C(=O)NC(c2ccccc2)(c2ccccc2)C1=O)c1ccc[nH]1. The Morgan fingerprint density at radius 2 is 1.44 bits per heavy atom. The van der Waals surface area contributed by atoms with Crippen molar-refractivity contribution in [1.29, 1.82) is 0 Å². The molecule has 2 heterocycles. The number of carbonyl (C=O) groups excluding carboxylic acids is 3. The fourth-order valence-electron chi connectivity index (χ4n) is 3.39. The summed E-state index contributed by atoms with van der Waals surface area (Å²) >= 11 is 0. The number of aromatic amines is 1. The molecular weight excluding hydrogens is 342 g/mol. The quantitative estimate of drug-likeness (QED) is 0.543. The van der Waals surface area contributed by atoms with Crippen LogP contribution in [-0.2, 0) is 10.3 Å². The number of imide groups is 1. The van der Waals surface area contributed by atoms with Crippen LogP contribution in [-0.4, -0.2) is 34.2 Å². The van der Waals surface area contributed by atoms with E-state index in [2.05, 4.69) is 10.3 Å². The van der Waals surface area contributed by atoms with Gasteiger partial charge < -0.3 is 10.3 Å². The largest absolute Gasteiger partial charge is 0.359 e. The summed E-state index contributed by atoms with van der Waals surface area (Å²) in [5.74, 6) is -0.801. The summed E-state index contributed by atoms with van der Waals surface area (Å²) in [7, 11) is 0. The third-order valence-corrected chi connectivity index (χ3v) is 4.72. The molecule has 2 aromatic carbocycles. The number of aromatic nitrogens is 1. The molecule has 0 unspecified atom stereocenters. The molecule has 0 aliphatic carbocycles. The maximum absolute atomic E-state index is 13.4. The van der Waals surface area contributed by atoms with Gasteiger partial charge in [-0.3, -0.25) is 14.5 Å². The highest BCUT2D eigenvalue weighted by atomic mass is 16.2. The Balaban J connectivity index is 1.76. The summed E-state index contributed by atoms with van der Waals surface area (Å²) in [6.45, 7) is -0.327. The summed E-state index contributed by atoms with van der Waals surface area (Å²) in [6, 6.07) is 20.8. The monoisotopic (exact) mass is 359 g/mol. The van der Waals surface area contributed by atoms with Gasteiger partial charge in [-0.05, 0) is 23.3 Å². The van der Waals surface area contributed by atoms with Gasteiger partial charge in [-0.2, -0.15) is 0 Å². The second-order valence-corrected chi connectivity index (χ2v) is 6.31. The molecule has 3 amide bonds. The Morgan fingerprint density at radius 1 is 0.852 bits per heavy atom. The maximum Gasteiger partial charge on any atom is 0.325 e. The molecular formula is C21H17N3O3. The molecule has 0 atom stereocenters. The first-order chi connectivity index (χ1) is 13.1. The van der Waals surface area contributed by atoms with E-state index in [1.165, 1.54) is 0 Å². The molecule has 6 nitrogen and oxygen atoms in total. The third-order valence-electron chi connectivity index (χ3n) is 4.72. The summed E-state index contributed by atoms with van der Waals surface area (Å²) in [6.07, 6.45) is 1.62. The molecule has 1 saturated heterocycles. The van der Waals surface area contributed by atoms with Crippen LogP contribution >= 0.6 is 0 Å². The van der Waals surface area contributed by atoms with Gasteiger partial charge in [0, 0.05) is 6.20 Å². The number of H-pyrrole nitrogens is 1. The summed E-state index contributed by atoms with van der Waals surface area (Å²) in [4.78, 5) is 42.3. The Hall–Kier alpha value is -3.67. The zero-order valence-electron chi connectivity index (χ0n) is 14.4. The first-order valence-electron chi connectivity index (χ1n) is 8.54. The highest BCUT2D eigenvalue weighted by Crippen LogP contribution is 2.35. The molecule has 1 aliphatic rings. The van der Waals surface area contributed by atoms with Gasteiger partial charge in [0.15, 0.2) is 11.3 Å². The minimum Gasteiger partial charge on any atom is -0.359 e. The Kier molecular flexibility index (Phi) is 4.08. The number of urea groups is 1. The number of nitrogens with one attached hydrogen (secondary N) is 2. The normalized spacial score (nSPS) is 15.6. The number of Topliss-reactive ketones (excluding diaryl/α,β-unsaturated/α-hetero) is 1. The highest BCUT2D eigenvalue weighted by molar-refractivity contribution is 6.12. The van der Waals surface area contributed by atoms with E-state index in [9.17, 15) is 14.4 Å². The number of rotatable bonds is 5. The van der Waals surface area contributed by atoms with Gasteiger partial charge in [0.25, 0.3) is 5.91 Å². The minimum atomic E-state index is -1.35. The predicted octanol–water partition coefficient (Wildman–Crippen LogP) is 2.69. The fourth-order valence-corrected chi connectivity index (χ4v) is 3.39. The van der Waals surface area contributed by atoms with E-state index in [1.54, 1.807) is 42.6 Å². The highest BCUT2D eigenvalue weighted by Gasteiger charge is 2.54. The number of amides is 3. The molecule has 6 heteroatoms. The van der Waals surface area contributed by atoms with Crippen LogP contribution in [0, 0.1) is 0 Å². The topological polar surface area (TPSA) is 82.3 Å². The van der Waals surface area contributed by atoms with E-state index >= 15 is 0 Å². The molecule has 0 bridgehead atoms. The Morgan fingerprint density at radius 3 is 1.96 bits per heavy atom. The lowest BCUT2D eigenvalue weighted by atomic mass is 9.82. The smallest absolute Gasteiger partial charge is 0.325 e. The number of hydrogen-bond donors (Lipinski definition) is 2. The van der Waals surface area contributed by atoms with Crippen LogP contribution in [0.3, 0.4) is 0 Å². The first kappa shape index (κ1) is 16.8. The van der Waals surface area contributed by atoms with Crippen LogP contribution in [0.5, 0.6) is 0 Å². The molecule has 1 aliphatic heterocycles. The Labute approximate surface area is 155 Å². The van der Waals surface area contributed by atoms with Gasteiger partial charge in [-0.15, -0.1) is 0 Å². The second kappa shape index (κ2) is 6.57.